The molecular weight excluding hydrogens is 254 g/mol. The Hall–Kier alpha value is -2.34. The molecule has 0 saturated heterocycles. The first kappa shape index (κ1) is 12.7. The number of aryl methyl sites for hydroxylation is 1. The third-order valence-corrected chi connectivity index (χ3v) is 3.20. The minimum atomic E-state index is 0.0105. The predicted octanol–water partition coefficient (Wildman–Crippen LogP) is 1.62. The summed E-state index contributed by atoms with van der Waals surface area (Å²) in [6.07, 6.45) is 2.67. The maximum Gasteiger partial charge on any atom is 0.152 e. The first-order valence-corrected chi connectivity index (χ1v) is 6.54. The smallest absolute Gasteiger partial charge is 0.152 e. The van der Waals surface area contributed by atoms with Gasteiger partial charge in [0.05, 0.1) is 5.71 Å². The predicted molar refractivity (Wildman–Crippen MR) is 78.0 cm³/mol. The summed E-state index contributed by atoms with van der Waals surface area (Å²) in [5.41, 5.74) is 8.57. The average Bonchev–Trinajstić information content (AvgIpc) is 3.09. The molecule has 0 aliphatic carbocycles. The highest BCUT2D eigenvalue weighted by molar-refractivity contribution is 6.01. The zero-order valence-electron chi connectivity index (χ0n) is 11.3. The molecule has 1 aliphatic rings. The van der Waals surface area contributed by atoms with Crippen molar-refractivity contribution in [1.82, 2.24) is 9.78 Å². The van der Waals surface area contributed by atoms with Gasteiger partial charge >= 0.3 is 0 Å². The van der Waals surface area contributed by atoms with Gasteiger partial charge in [0.25, 0.3) is 0 Å². The van der Waals surface area contributed by atoms with Crippen LogP contribution in [-0.4, -0.2) is 28.1 Å². The summed E-state index contributed by atoms with van der Waals surface area (Å²) in [4.78, 5) is 5.23. The Morgan fingerprint density at radius 2 is 2.15 bits per heavy atom. The van der Waals surface area contributed by atoms with Crippen LogP contribution in [0.25, 0.3) is 0 Å². The number of nitrogens with two attached hydrogens (primary N) is 1. The van der Waals surface area contributed by atoms with Crippen LogP contribution in [0.3, 0.4) is 0 Å². The van der Waals surface area contributed by atoms with Crippen LogP contribution in [0.1, 0.15) is 12.0 Å². The molecule has 2 heterocycles. The zero-order chi connectivity index (χ0) is 13.9. The van der Waals surface area contributed by atoms with E-state index >= 15 is 0 Å². The van der Waals surface area contributed by atoms with E-state index in [9.17, 15) is 0 Å². The lowest BCUT2D eigenvalue weighted by Crippen LogP contribution is -2.20. The summed E-state index contributed by atoms with van der Waals surface area (Å²) in [5.74, 6) is 0.824. The van der Waals surface area contributed by atoms with Gasteiger partial charge in [0.15, 0.2) is 5.82 Å². The van der Waals surface area contributed by atoms with Crippen LogP contribution >= 0.6 is 0 Å². The van der Waals surface area contributed by atoms with Crippen molar-refractivity contribution in [2.75, 3.05) is 11.9 Å². The van der Waals surface area contributed by atoms with Crippen LogP contribution in [0, 0.1) is 0 Å². The Bertz CT molecular complexity index is 617. The summed E-state index contributed by atoms with van der Waals surface area (Å²) in [6, 6.07) is 9.97. The van der Waals surface area contributed by atoms with Crippen molar-refractivity contribution in [3.63, 3.8) is 0 Å². The molecular formula is C14H17N5O. The lowest BCUT2D eigenvalue weighted by atomic mass is 10.0. The third kappa shape index (κ3) is 2.65. The van der Waals surface area contributed by atoms with E-state index in [1.54, 1.807) is 4.68 Å². The fourth-order valence-electron chi connectivity index (χ4n) is 2.10. The first-order valence-electron chi connectivity index (χ1n) is 6.54. The lowest BCUT2D eigenvalue weighted by molar-refractivity contribution is 0.0918. The van der Waals surface area contributed by atoms with Gasteiger partial charge in [0.1, 0.15) is 6.10 Å². The molecule has 3 rings (SSSR count). The Morgan fingerprint density at radius 3 is 2.75 bits per heavy atom. The number of hydrogen-bond donors (Lipinski definition) is 2. The number of anilines is 2. The monoisotopic (exact) mass is 271 g/mol. The number of nitrogens with one attached hydrogen (secondary N) is 1. The third-order valence-electron chi connectivity index (χ3n) is 3.20. The highest BCUT2D eigenvalue weighted by Gasteiger charge is 2.20. The topological polar surface area (TPSA) is 77.5 Å². The molecule has 6 heteroatoms. The second-order valence-corrected chi connectivity index (χ2v) is 4.78. The van der Waals surface area contributed by atoms with Gasteiger partial charge in [-0.05, 0) is 17.7 Å². The lowest BCUT2D eigenvalue weighted by Gasteiger charge is -2.05. The Kier molecular flexibility index (Phi) is 3.39. The second-order valence-electron chi connectivity index (χ2n) is 4.78. The molecule has 0 fully saturated rings. The quantitative estimate of drug-likeness (QED) is 0.885. The van der Waals surface area contributed by atoms with Crippen molar-refractivity contribution in [2.24, 2.45) is 17.9 Å². The number of aromatic nitrogens is 2. The van der Waals surface area contributed by atoms with Crippen molar-refractivity contribution < 1.29 is 4.84 Å². The summed E-state index contributed by atoms with van der Waals surface area (Å²) in [5, 5.41) is 11.6. The van der Waals surface area contributed by atoms with E-state index < -0.39 is 0 Å². The molecule has 0 amide bonds. The Labute approximate surface area is 117 Å². The molecule has 0 spiro atoms. The van der Waals surface area contributed by atoms with Crippen molar-refractivity contribution in [3.8, 4) is 0 Å². The van der Waals surface area contributed by atoms with Gasteiger partial charge in [-0.1, -0.05) is 17.3 Å². The van der Waals surface area contributed by atoms with E-state index in [1.807, 2.05) is 43.6 Å². The maximum atomic E-state index is 5.57. The number of hydrogen-bond acceptors (Lipinski definition) is 5. The molecule has 1 atom stereocenters. The summed E-state index contributed by atoms with van der Waals surface area (Å²) < 4.78 is 1.76. The molecule has 0 bridgehead atoms. The number of benzene rings is 1. The normalized spacial score (nSPS) is 17.7. The highest BCUT2D eigenvalue weighted by atomic mass is 16.6. The van der Waals surface area contributed by atoms with E-state index in [0.717, 1.165) is 29.2 Å². The minimum absolute atomic E-state index is 0.0105. The van der Waals surface area contributed by atoms with Crippen LogP contribution in [-0.2, 0) is 11.9 Å². The van der Waals surface area contributed by atoms with Gasteiger partial charge in [-0.3, -0.25) is 4.68 Å². The average molecular weight is 271 g/mol. The summed E-state index contributed by atoms with van der Waals surface area (Å²) in [6.45, 7) is 0.492. The SMILES string of the molecule is Cn1ccc(Nc2ccc(C3=NOC(CN)C3)cc2)n1. The molecule has 0 saturated carbocycles. The molecule has 2 aromatic rings. The van der Waals surface area contributed by atoms with Crippen LogP contribution in [0.5, 0.6) is 0 Å². The van der Waals surface area contributed by atoms with Crippen molar-refractivity contribution >= 4 is 17.2 Å². The van der Waals surface area contributed by atoms with Crippen molar-refractivity contribution in [1.29, 1.82) is 0 Å². The highest BCUT2D eigenvalue weighted by Crippen LogP contribution is 2.19. The van der Waals surface area contributed by atoms with Gasteiger partial charge in [-0.2, -0.15) is 5.10 Å². The standard InChI is InChI=1S/C14H17N5O/c1-19-7-6-14(17-19)16-11-4-2-10(3-5-11)13-8-12(9-15)20-18-13/h2-7,12H,8-9,15H2,1H3,(H,16,17). The van der Waals surface area contributed by atoms with E-state index in [2.05, 4.69) is 15.6 Å². The number of nitrogens with zero attached hydrogens (tertiary/aromatic N) is 3. The van der Waals surface area contributed by atoms with Gasteiger partial charge in [0.2, 0.25) is 0 Å². The van der Waals surface area contributed by atoms with E-state index in [-0.39, 0.29) is 6.10 Å². The van der Waals surface area contributed by atoms with Crippen LogP contribution in [0.15, 0.2) is 41.7 Å². The van der Waals surface area contributed by atoms with Gasteiger partial charge < -0.3 is 15.9 Å². The largest absolute Gasteiger partial charge is 0.390 e. The Balaban J connectivity index is 1.69. The fourth-order valence-corrected chi connectivity index (χ4v) is 2.10. The molecule has 1 unspecified atom stereocenters. The molecule has 1 aliphatic heterocycles. The van der Waals surface area contributed by atoms with Crippen LogP contribution in [0.2, 0.25) is 0 Å². The molecule has 1 aromatic heterocycles. The zero-order valence-corrected chi connectivity index (χ0v) is 11.3. The number of oxime groups is 1. The summed E-state index contributed by atoms with van der Waals surface area (Å²) >= 11 is 0. The molecule has 20 heavy (non-hydrogen) atoms. The van der Waals surface area contributed by atoms with Crippen molar-refractivity contribution in [2.45, 2.75) is 12.5 Å². The van der Waals surface area contributed by atoms with E-state index in [1.165, 1.54) is 0 Å². The second kappa shape index (κ2) is 5.34. The summed E-state index contributed by atoms with van der Waals surface area (Å²) in [7, 11) is 1.89. The molecule has 0 radical (unpaired) electrons. The van der Waals surface area contributed by atoms with E-state index in [4.69, 9.17) is 10.6 Å². The van der Waals surface area contributed by atoms with E-state index in [0.29, 0.717) is 6.54 Å². The fraction of sp³-hybridized carbons (Fsp3) is 0.286. The molecule has 3 N–H and O–H groups in total. The van der Waals surface area contributed by atoms with Crippen molar-refractivity contribution in [3.05, 3.63) is 42.1 Å². The molecule has 1 aromatic carbocycles. The maximum absolute atomic E-state index is 5.57. The first-order chi connectivity index (χ1) is 9.74. The molecule has 104 valence electrons. The molecule has 6 nitrogen and oxygen atoms in total. The van der Waals surface area contributed by atoms with Crippen LogP contribution < -0.4 is 11.1 Å². The van der Waals surface area contributed by atoms with Gasteiger partial charge in [-0.15, -0.1) is 0 Å². The number of rotatable bonds is 4. The van der Waals surface area contributed by atoms with Gasteiger partial charge in [0, 0.05) is 38.0 Å². The van der Waals surface area contributed by atoms with Gasteiger partial charge in [-0.25, -0.2) is 0 Å². The minimum Gasteiger partial charge on any atom is -0.390 e. The Morgan fingerprint density at radius 1 is 1.35 bits per heavy atom. The van der Waals surface area contributed by atoms with Crippen LogP contribution in [0.4, 0.5) is 11.5 Å².